The molecule has 1 heterocycles. The van der Waals surface area contributed by atoms with Crippen molar-refractivity contribution in [3.05, 3.63) is 11.6 Å². The minimum atomic E-state index is -1.28. The number of unbranched alkanes of at least 4 members (excludes halogenated alkanes) is 2. The van der Waals surface area contributed by atoms with Crippen molar-refractivity contribution in [2.24, 2.45) is 5.41 Å². The van der Waals surface area contributed by atoms with Crippen LogP contribution < -0.4 is 40.2 Å². The number of rotatable bonds is 4. The number of carbonyl (C=O) groups excluding carboxylic acids is 3. The Hall–Kier alpha value is -0.650. The van der Waals surface area contributed by atoms with Gasteiger partial charge in [0, 0.05) is 0 Å². The molecule has 0 atom stereocenters. The van der Waals surface area contributed by atoms with Crippen LogP contribution in [0.3, 0.4) is 0 Å². The van der Waals surface area contributed by atoms with Crippen LogP contribution in [0.1, 0.15) is 40.0 Å². The maximum atomic E-state index is 11.8. The Labute approximate surface area is 129 Å². The number of amides is 4. The Balaban J connectivity index is 0.00000289. The van der Waals surface area contributed by atoms with Gasteiger partial charge in [-0.1, -0.05) is 31.4 Å². The minimum Gasteiger partial charge on any atom is -0.277 e. The van der Waals surface area contributed by atoms with Crippen molar-refractivity contribution in [3.63, 3.8) is 0 Å². The molecule has 6 heteroatoms. The summed E-state index contributed by atoms with van der Waals surface area (Å²) < 4.78 is 0. The third-order valence-corrected chi connectivity index (χ3v) is 3.16. The summed E-state index contributed by atoms with van der Waals surface area (Å²) in [5.41, 5.74) is -0.602. The zero-order valence-electron chi connectivity index (χ0n) is 11.4. The zero-order valence-corrected chi connectivity index (χ0v) is 13.4. The first-order valence-corrected chi connectivity index (χ1v) is 5.77. The van der Waals surface area contributed by atoms with Crippen LogP contribution in [-0.4, -0.2) is 17.8 Å². The fourth-order valence-electron chi connectivity index (χ4n) is 1.68. The first kappa shape index (κ1) is 17.4. The maximum Gasteiger partial charge on any atom is 1.00 e. The van der Waals surface area contributed by atoms with Gasteiger partial charge in [-0.2, -0.15) is 0 Å². The summed E-state index contributed by atoms with van der Waals surface area (Å²) >= 11 is 0. The number of urea groups is 1. The van der Waals surface area contributed by atoms with E-state index in [0.29, 0.717) is 5.57 Å². The quantitative estimate of drug-likeness (QED) is 0.280. The van der Waals surface area contributed by atoms with E-state index in [-0.39, 0.29) is 29.6 Å². The number of imide groups is 2. The maximum absolute atomic E-state index is 11.8. The number of nitrogens with one attached hydrogen (secondary N) is 2. The molecule has 1 aliphatic heterocycles. The fourth-order valence-corrected chi connectivity index (χ4v) is 1.68. The molecule has 0 aliphatic carbocycles. The molecule has 1 saturated heterocycles. The van der Waals surface area contributed by atoms with Crippen molar-refractivity contribution in [2.45, 2.75) is 40.0 Å². The van der Waals surface area contributed by atoms with Gasteiger partial charge < -0.3 is 0 Å². The van der Waals surface area contributed by atoms with E-state index in [2.05, 4.69) is 17.6 Å². The third-order valence-electron chi connectivity index (χ3n) is 3.16. The normalized spacial score (nSPS) is 18.8. The predicted molar refractivity (Wildman–Crippen MR) is 63.1 cm³/mol. The number of barbiturate groups is 1. The van der Waals surface area contributed by atoms with E-state index in [4.69, 9.17) is 0 Å². The topological polar surface area (TPSA) is 75.3 Å². The molecule has 1 rings (SSSR count). The van der Waals surface area contributed by atoms with Crippen molar-refractivity contribution in [3.8, 4) is 0 Å². The van der Waals surface area contributed by atoms with Gasteiger partial charge in [0.05, 0.1) is 0 Å². The van der Waals surface area contributed by atoms with Gasteiger partial charge >= 0.3 is 35.6 Å². The van der Waals surface area contributed by atoms with Crippen molar-refractivity contribution in [2.75, 3.05) is 0 Å². The van der Waals surface area contributed by atoms with Crippen LogP contribution in [-0.2, 0) is 9.59 Å². The van der Waals surface area contributed by atoms with Gasteiger partial charge in [0.15, 0.2) is 0 Å². The minimum absolute atomic E-state index is 0. The number of hydrogen-bond acceptors (Lipinski definition) is 3. The van der Waals surface area contributed by atoms with Crippen molar-refractivity contribution < 1.29 is 43.9 Å². The Morgan fingerprint density at radius 3 is 2.17 bits per heavy atom. The largest absolute Gasteiger partial charge is 1.00 e. The van der Waals surface area contributed by atoms with E-state index in [1.807, 2.05) is 6.08 Å². The Morgan fingerprint density at radius 1 is 1.22 bits per heavy atom. The summed E-state index contributed by atoms with van der Waals surface area (Å²) in [6, 6.07) is -0.751. The molecule has 1 aliphatic rings. The molecule has 1 fully saturated rings. The van der Waals surface area contributed by atoms with Crippen LogP contribution in [0.5, 0.6) is 0 Å². The summed E-state index contributed by atoms with van der Waals surface area (Å²) in [5, 5.41) is 4.24. The smallest absolute Gasteiger partial charge is 0.277 e. The average Bonchev–Trinajstić information content (AvgIpc) is 2.25. The van der Waals surface area contributed by atoms with Crippen molar-refractivity contribution >= 4 is 17.8 Å². The second-order valence-corrected chi connectivity index (χ2v) is 4.39. The van der Waals surface area contributed by atoms with Gasteiger partial charge in [0.2, 0.25) is 11.8 Å². The molecular formula is C12H18N2NaO3+. The Morgan fingerprint density at radius 2 is 1.72 bits per heavy atom. The molecule has 18 heavy (non-hydrogen) atoms. The molecule has 0 saturated carbocycles. The van der Waals surface area contributed by atoms with E-state index in [1.165, 1.54) is 6.92 Å². The average molecular weight is 261 g/mol. The molecule has 0 radical (unpaired) electrons. The summed E-state index contributed by atoms with van der Waals surface area (Å²) in [4.78, 5) is 34.5. The fraction of sp³-hybridized carbons (Fsp3) is 0.583. The van der Waals surface area contributed by atoms with E-state index in [9.17, 15) is 14.4 Å². The molecule has 0 aromatic carbocycles. The molecule has 4 amide bonds. The molecule has 2 N–H and O–H groups in total. The molecule has 0 aromatic heterocycles. The molecule has 94 valence electrons. The first-order chi connectivity index (χ1) is 7.92. The summed E-state index contributed by atoms with van der Waals surface area (Å²) in [7, 11) is 0. The predicted octanol–water partition coefficient (Wildman–Crippen LogP) is -1.50. The van der Waals surface area contributed by atoms with Gasteiger partial charge in [-0.05, 0) is 20.3 Å². The molecule has 0 bridgehead atoms. The molecule has 0 spiro atoms. The van der Waals surface area contributed by atoms with Gasteiger partial charge in [0.25, 0.3) is 0 Å². The molecular weight excluding hydrogens is 243 g/mol. The SMILES string of the molecule is CCCC/C=C(/C)C1(C)C(=O)NC(=O)NC1=O.[Na+]. The summed E-state index contributed by atoms with van der Waals surface area (Å²) in [6.45, 7) is 5.34. The third kappa shape index (κ3) is 3.43. The summed E-state index contributed by atoms with van der Waals surface area (Å²) in [5.74, 6) is -1.12. The standard InChI is InChI=1S/C12H18N2O3.Na/c1-4-5-6-7-8(2)12(3)9(15)13-11(17)14-10(12)16;/h7H,4-6H2,1-3H3,(H2,13,14,15,16,17);/q;+1/b8-7-;. The van der Waals surface area contributed by atoms with Crippen LogP contribution in [0, 0.1) is 5.41 Å². The van der Waals surface area contributed by atoms with Crippen molar-refractivity contribution in [1.29, 1.82) is 0 Å². The van der Waals surface area contributed by atoms with Crippen LogP contribution in [0.25, 0.3) is 0 Å². The summed E-state index contributed by atoms with van der Waals surface area (Å²) in [6.07, 6.45) is 4.78. The van der Waals surface area contributed by atoms with Gasteiger partial charge in [-0.25, -0.2) is 4.79 Å². The number of hydrogen-bond donors (Lipinski definition) is 2. The Bertz CT molecular complexity index is 371. The molecule has 0 aromatic rings. The van der Waals surface area contributed by atoms with Crippen molar-refractivity contribution in [1.82, 2.24) is 10.6 Å². The van der Waals surface area contributed by atoms with E-state index < -0.39 is 23.3 Å². The number of carbonyl (C=O) groups is 3. The molecule has 0 unspecified atom stereocenters. The van der Waals surface area contributed by atoms with E-state index >= 15 is 0 Å². The van der Waals surface area contributed by atoms with Crippen LogP contribution >= 0.6 is 0 Å². The van der Waals surface area contributed by atoms with E-state index in [0.717, 1.165) is 19.3 Å². The number of allylic oxidation sites excluding steroid dienone is 1. The first-order valence-electron chi connectivity index (χ1n) is 5.77. The second kappa shape index (κ2) is 7.07. The van der Waals surface area contributed by atoms with Crippen LogP contribution in [0.2, 0.25) is 0 Å². The van der Waals surface area contributed by atoms with Gasteiger partial charge in [-0.15, -0.1) is 0 Å². The Kier molecular flexibility index (Phi) is 6.81. The second-order valence-electron chi connectivity index (χ2n) is 4.39. The van der Waals surface area contributed by atoms with Crippen LogP contribution in [0.15, 0.2) is 11.6 Å². The molecule has 5 nitrogen and oxygen atoms in total. The van der Waals surface area contributed by atoms with Gasteiger partial charge in [-0.3, -0.25) is 20.2 Å². The van der Waals surface area contributed by atoms with Gasteiger partial charge in [0.1, 0.15) is 5.41 Å². The van der Waals surface area contributed by atoms with E-state index in [1.54, 1.807) is 6.92 Å². The zero-order chi connectivity index (χ0) is 13.1. The monoisotopic (exact) mass is 261 g/mol. The van der Waals surface area contributed by atoms with Crippen LogP contribution in [0.4, 0.5) is 4.79 Å².